The summed E-state index contributed by atoms with van der Waals surface area (Å²) in [7, 11) is 4.99. The zero-order chi connectivity index (χ0) is 14.3. The molecule has 106 valence electrons. The predicted molar refractivity (Wildman–Crippen MR) is 74.7 cm³/mol. The molecule has 0 saturated carbocycles. The van der Waals surface area contributed by atoms with E-state index in [1.165, 1.54) is 0 Å². The quantitative estimate of drug-likeness (QED) is 0.840. The van der Waals surface area contributed by atoms with Gasteiger partial charge in [-0.05, 0) is 11.6 Å². The first-order chi connectivity index (χ1) is 9.63. The third kappa shape index (κ3) is 1.84. The van der Waals surface area contributed by atoms with Crippen LogP contribution < -0.4 is 20.1 Å². The minimum absolute atomic E-state index is 0.0479. The summed E-state index contributed by atoms with van der Waals surface area (Å²) in [4.78, 5) is 13.8. The summed E-state index contributed by atoms with van der Waals surface area (Å²) in [6, 6.07) is 3.80. The third-order valence-corrected chi connectivity index (χ3v) is 3.64. The van der Waals surface area contributed by atoms with Crippen LogP contribution in [0.5, 0.6) is 11.5 Å². The molecule has 6 heteroatoms. The van der Waals surface area contributed by atoms with Crippen molar-refractivity contribution >= 4 is 11.6 Å². The molecule has 0 aromatic heterocycles. The second-order valence-electron chi connectivity index (χ2n) is 4.86. The zero-order valence-corrected chi connectivity index (χ0v) is 11.7. The van der Waals surface area contributed by atoms with Gasteiger partial charge in [0.2, 0.25) is 0 Å². The van der Waals surface area contributed by atoms with Crippen molar-refractivity contribution in [3.63, 3.8) is 0 Å². The van der Waals surface area contributed by atoms with E-state index in [1.807, 2.05) is 12.1 Å². The van der Waals surface area contributed by atoms with Gasteiger partial charge in [0.15, 0.2) is 11.5 Å². The third-order valence-electron chi connectivity index (χ3n) is 3.64. The van der Waals surface area contributed by atoms with Crippen molar-refractivity contribution in [3.8, 4) is 11.5 Å². The van der Waals surface area contributed by atoms with E-state index in [1.54, 1.807) is 26.2 Å². The molecule has 1 amide bonds. The molecule has 0 fully saturated rings. The predicted octanol–water partition coefficient (Wildman–Crippen LogP) is 0.902. The van der Waals surface area contributed by atoms with Crippen LogP contribution in [0, 0.1) is 0 Å². The lowest BCUT2D eigenvalue weighted by Crippen LogP contribution is -2.46. The minimum atomic E-state index is 0.0479. The van der Waals surface area contributed by atoms with E-state index in [0.29, 0.717) is 24.6 Å². The first kappa shape index (κ1) is 12.7. The number of fused-ring (bicyclic) bond motifs is 1. The van der Waals surface area contributed by atoms with Crippen molar-refractivity contribution in [1.29, 1.82) is 0 Å². The second-order valence-corrected chi connectivity index (χ2v) is 4.86. The molecule has 2 N–H and O–H groups in total. The number of amides is 1. The largest absolute Gasteiger partial charge is 0.493 e. The van der Waals surface area contributed by atoms with E-state index in [4.69, 9.17) is 9.47 Å². The number of ether oxygens (including phenoxy) is 2. The summed E-state index contributed by atoms with van der Waals surface area (Å²) >= 11 is 0. The van der Waals surface area contributed by atoms with E-state index < -0.39 is 0 Å². The Balaban J connectivity index is 2.01. The fraction of sp³-hybridized carbons (Fsp3) is 0.357. The van der Waals surface area contributed by atoms with Crippen molar-refractivity contribution in [2.24, 2.45) is 0 Å². The summed E-state index contributed by atoms with van der Waals surface area (Å²) in [6.45, 7) is 0.507. The maximum atomic E-state index is 12.2. The fourth-order valence-electron chi connectivity index (χ4n) is 2.51. The van der Waals surface area contributed by atoms with Gasteiger partial charge < -0.3 is 25.0 Å². The van der Waals surface area contributed by atoms with Crippen LogP contribution in [0.3, 0.4) is 0 Å². The molecule has 2 aliphatic heterocycles. The van der Waals surface area contributed by atoms with Gasteiger partial charge in [-0.1, -0.05) is 0 Å². The lowest BCUT2D eigenvalue weighted by Gasteiger charge is -2.33. The number of carbonyl (C=O) groups is 1. The van der Waals surface area contributed by atoms with Gasteiger partial charge >= 0.3 is 0 Å². The van der Waals surface area contributed by atoms with Crippen LogP contribution in [0.15, 0.2) is 23.5 Å². The minimum Gasteiger partial charge on any atom is -0.493 e. The number of hydrogen-bond acceptors (Lipinski definition) is 5. The van der Waals surface area contributed by atoms with Crippen LogP contribution in [0.2, 0.25) is 0 Å². The Labute approximate surface area is 117 Å². The van der Waals surface area contributed by atoms with Gasteiger partial charge in [0.1, 0.15) is 5.82 Å². The van der Waals surface area contributed by atoms with Gasteiger partial charge in [0, 0.05) is 25.2 Å². The van der Waals surface area contributed by atoms with Gasteiger partial charge in [0.25, 0.3) is 5.91 Å². The number of nitrogens with one attached hydrogen (secondary N) is 2. The standard InChI is InChI=1S/C14H17N3O3/c1-17-7-15-13-9(14(17)18)4-8-5-11(19-2)12(20-3)6-10(8)16-13/h5-6,15-16H,4,7H2,1-3H3. The fourth-order valence-corrected chi connectivity index (χ4v) is 2.51. The smallest absolute Gasteiger partial charge is 0.254 e. The Bertz CT molecular complexity index is 610. The maximum Gasteiger partial charge on any atom is 0.254 e. The topological polar surface area (TPSA) is 62.8 Å². The molecular weight excluding hydrogens is 258 g/mol. The Hall–Kier alpha value is -2.37. The number of benzene rings is 1. The van der Waals surface area contributed by atoms with E-state index in [-0.39, 0.29) is 5.91 Å². The average Bonchev–Trinajstić information content (AvgIpc) is 2.48. The number of nitrogens with zero attached hydrogens (tertiary/aromatic N) is 1. The molecule has 0 saturated heterocycles. The second kappa shape index (κ2) is 4.63. The number of rotatable bonds is 2. The summed E-state index contributed by atoms with van der Waals surface area (Å²) in [5.41, 5.74) is 2.71. The highest BCUT2D eigenvalue weighted by atomic mass is 16.5. The van der Waals surface area contributed by atoms with Gasteiger partial charge in [-0.25, -0.2) is 0 Å². The first-order valence-electron chi connectivity index (χ1n) is 6.38. The number of carbonyl (C=O) groups excluding carboxylic acids is 1. The molecule has 0 bridgehead atoms. The van der Waals surface area contributed by atoms with Crippen LogP contribution in [0.25, 0.3) is 0 Å². The lowest BCUT2D eigenvalue weighted by molar-refractivity contribution is -0.127. The number of likely N-dealkylation sites (N-methyl/N-ethyl adjacent to an activating group) is 1. The monoisotopic (exact) mass is 275 g/mol. The van der Waals surface area contributed by atoms with Gasteiger partial charge in [-0.2, -0.15) is 0 Å². The Morgan fingerprint density at radius 1 is 1.20 bits per heavy atom. The number of methoxy groups -OCH3 is 2. The molecule has 1 aromatic rings. The van der Waals surface area contributed by atoms with Crippen molar-refractivity contribution in [2.45, 2.75) is 6.42 Å². The molecule has 0 radical (unpaired) electrons. The van der Waals surface area contributed by atoms with E-state index in [2.05, 4.69) is 10.6 Å². The summed E-state index contributed by atoms with van der Waals surface area (Å²) in [5, 5.41) is 6.47. The normalized spacial score (nSPS) is 16.9. The molecule has 2 aliphatic rings. The number of hydrogen-bond donors (Lipinski definition) is 2. The van der Waals surface area contributed by atoms with E-state index >= 15 is 0 Å². The molecule has 6 nitrogen and oxygen atoms in total. The van der Waals surface area contributed by atoms with Crippen molar-refractivity contribution in [2.75, 3.05) is 33.3 Å². The van der Waals surface area contributed by atoms with Crippen LogP contribution in [0.4, 0.5) is 5.69 Å². The molecule has 20 heavy (non-hydrogen) atoms. The van der Waals surface area contributed by atoms with Crippen molar-refractivity contribution in [1.82, 2.24) is 10.2 Å². The van der Waals surface area contributed by atoms with Crippen LogP contribution >= 0.6 is 0 Å². The van der Waals surface area contributed by atoms with Crippen LogP contribution in [-0.2, 0) is 11.2 Å². The van der Waals surface area contributed by atoms with Crippen LogP contribution in [-0.4, -0.2) is 38.7 Å². The summed E-state index contributed by atoms with van der Waals surface area (Å²) in [5.74, 6) is 2.17. The van der Waals surface area contributed by atoms with E-state index in [9.17, 15) is 4.79 Å². The molecular formula is C14H17N3O3. The van der Waals surface area contributed by atoms with Gasteiger partial charge in [-0.3, -0.25) is 4.79 Å². The molecule has 3 rings (SSSR count). The summed E-state index contributed by atoms with van der Waals surface area (Å²) in [6.07, 6.45) is 0.578. The zero-order valence-electron chi connectivity index (χ0n) is 11.7. The number of anilines is 1. The highest BCUT2D eigenvalue weighted by molar-refractivity contribution is 5.97. The SMILES string of the molecule is COc1cc2c(cc1OC)NC1=C(C2)C(=O)N(C)CN1. The summed E-state index contributed by atoms with van der Waals surface area (Å²) < 4.78 is 10.6. The van der Waals surface area contributed by atoms with E-state index in [0.717, 1.165) is 22.6 Å². The van der Waals surface area contributed by atoms with Crippen molar-refractivity contribution in [3.05, 3.63) is 29.1 Å². The molecule has 0 unspecified atom stereocenters. The van der Waals surface area contributed by atoms with Crippen molar-refractivity contribution < 1.29 is 14.3 Å². The molecule has 0 aliphatic carbocycles. The molecule has 1 aromatic carbocycles. The molecule has 0 spiro atoms. The molecule has 0 atom stereocenters. The molecule has 2 heterocycles. The van der Waals surface area contributed by atoms with Gasteiger partial charge in [0.05, 0.1) is 26.5 Å². The Morgan fingerprint density at radius 2 is 1.90 bits per heavy atom. The maximum absolute atomic E-state index is 12.2. The Kier molecular flexibility index (Phi) is 2.93. The lowest BCUT2D eigenvalue weighted by atomic mass is 9.97. The van der Waals surface area contributed by atoms with Gasteiger partial charge in [-0.15, -0.1) is 0 Å². The Morgan fingerprint density at radius 3 is 2.60 bits per heavy atom. The highest BCUT2D eigenvalue weighted by Gasteiger charge is 2.29. The van der Waals surface area contributed by atoms with Crippen LogP contribution in [0.1, 0.15) is 5.56 Å². The average molecular weight is 275 g/mol. The first-order valence-corrected chi connectivity index (χ1v) is 6.38. The highest BCUT2D eigenvalue weighted by Crippen LogP contribution is 2.37.